The van der Waals surface area contributed by atoms with E-state index in [9.17, 15) is 13.6 Å². The molecular weight excluding hydrogens is 422 g/mol. The third kappa shape index (κ3) is 5.85. The van der Waals surface area contributed by atoms with E-state index in [4.69, 9.17) is 10.7 Å². The number of hydrogen-bond donors (Lipinski definition) is 1. The van der Waals surface area contributed by atoms with Gasteiger partial charge < -0.3 is 15.2 Å². The molecule has 0 aliphatic heterocycles. The number of halogens is 2. The Balaban J connectivity index is 2.19. The summed E-state index contributed by atoms with van der Waals surface area (Å²) in [5.41, 5.74) is 6.81. The number of benzene rings is 2. The lowest BCUT2D eigenvalue weighted by atomic mass is 9.84. The first-order valence-corrected chi connectivity index (χ1v) is 11.2. The second-order valence-corrected chi connectivity index (χ2v) is 9.35. The number of hydrogen-bond acceptors (Lipinski definition) is 3. The molecule has 0 radical (unpaired) electrons. The normalized spacial score (nSPS) is 12.6. The quantitative estimate of drug-likeness (QED) is 0.511. The minimum atomic E-state index is -0.550. The molecule has 0 saturated carbocycles. The van der Waals surface area contributed by atoms with Crippen molar-refractivity contribution in [3.63, 3.8) is 0 Å². The summed E-state index contributed by atoms with van der Waals surface area (Å²) < 4.78 is 30.5. The average molecular weight is 455 g/mol. The minimum absolute atomic E-state index is 0.0869. The van der Waals surface area contributed by atoms with Gasteiger partial charge in [-0.3, -0.25) is 4.79 Å². The van der Waals surface area contributed by atoms with Gasteiger partial charge in [-0.15, -0.1) is 0 Å². The summed E-state index contributed by atoms with van der Waals surface area (Å²) in [6, 6.07) is 12.8. The summed E-state index contributed by atoms with van der Waals surface area (Å²) in [6.07, 6.45) is 2.39. The molecule has 7 heteroatoms. The van der Waals surface area contributed by atoms with Gasteiger partial charge in [0.25, 0.3) is 0 Å². The first-order chi connectivity index (χ1) is 15.6. The minimum Gasteiger partial charge on any atom is -0.332 e. The Hall–Kier alpha value is -3.06. The Morgan fingerprint density at radius 3 is 2.45 bits per heavy atom. The van der Waals surface area contributed by atoms with Gasteiger partial charge in [-0.05, 0) is 42.1 Å². The van der Waals surface area contributed by atoms with Crippen LogP contribution in [0.3, 0.4) is 0 Å². The van der Waals surface area contributed by atoms with Crippen molar-refractivity contribution >= 4 is 5.91 Å². The van der Waals surface area contributed by atoms with Crippen molar-refractivity contribution in [3.05, 3.63) is 77.8 Å². The Morgan fingerprint density at radius 2 is 1.85 bits per heavy atom. The van der Waals surface area contributed by atoms with Crippen LogP contribution >= 0.6 is 0 Å². The largest absolute Gasteiger partial charge is 0.332 e. The predicted molar refractivity (Wildman–Crippen MR) is 126 cm³/mol. The molecule has 176 valence electrons. The number of amides is 1. The van der Waals surface area contributed by atoms with E-state index in [1.54, 1.807) is 11.1 Å². The van der Waals surface area contributed by atoms with Gasteiger partial charge in [0.15, 0.2) is 0 Å². The highest BCUT2D eigenvalue weighted by molar-refractivity contribution is 5.74. The van der Waals surface area contributed by atoms with Crippen LogP contribution in [0.4, 0.5) is 8.78 Å². The van der Waals surface area contributed by atoms with Gasteiger partial charge >= 0.3 is 0 Å². The van der Waals surface area contributed by atoms with Crippen molar-refractivity contribution in [3.8, 4) is 11.3 Å². The van der Waals surface area contributed by atoms with Crippen LogP contribution in [-0.2, 0) is 11.3 Å². The molecule has 0 aliphatic rings. The highest BCUT2D eigenvalue weighted by Gasteiger charge is 2.37. The van der Waals surface area contributed by atoms with E-state index in [2.05, 4.69) is 0 Å². The zero-order chi connectivity index (χ0) is 24.2. The fourth-order valence-electron chi connectivity index (χ4n) is 4.10. The van der Waals surface area contributed by atoms with Crippen LogP contribution in [0.2, 0.25) is 0 Å². The molecule has 0 bridgehead atoms. The first kappa shape index (κ1) is 24.6. The molecule has 1 atom stereocenters. The predicted octanol–water partition coefficient (Wildman–Crippen LogP) is 5.16. The molecule has 0 aliphatic carbocycles. The van der Waals surface area contributed by atoms with E-state index in [-0.39, 0.29) is 16.9 Å². The van der Waals surface area contributed by atoms with E-state index < -0.39 is 17.7 Å². The fraction of sp³-hybridized carbons (Fsp3) is 0.385. The molecule has 0 saturated heterocycles. The molecule has 3 rings (SSSR count). The van der Waals surface area contributed by atoms with E-state index in [1.165, 1.54) is 6.92 Å². The first-order valence-electron chi connectivity index (χ1n) is 11.2. The van der Waals surface area contributed by atoms with Crippen LogP contribution in [0.1, 0.15) is 51.5 Å². The molecule has 1 amide bonds. The Morgan fingerprint density at radius 1 is 1.15 bits per heavy atom. The van der Waals surface area contributed by atoms with Crippen molar-refractivity contribution in [2.45, 2.75) is 46.7 Å². The van der Waals surface area contributed by atoms with Gasteiger partial charge in [0.2, 0.25) is 5.91 Å². The average Bonchev–Trinajstić information content (AvgIpc) is 3.15. The molecule has 2 N–H and O–H groups in total. The number of rotatable bonds is 8. The third-order valence-electron chi connectivity index (χ3n) is 5.59. The Bertz CT molecular complexity index is 1090. The number of nitrogens with two attached hydrogens (primary N) is 1. The number of carbonyl (C=O) groups excluding carboxylic acids is 1. The lowest BCUT2D eigenvalue weighted by Crippen LogP contribution is -2.42. The molecule has 0 spiro atoms. The molecule has 1 heterocycles. The van der Waals surface area contributed by atoms with E-state index >= 15 is 0 Å². The van der Waals surface area contributed by atoms with Gasteiger partial charge in [0, 0.05) is 31.8 Å². The van der Waals surface area contributed by atoms with Crippen LogP contribution in [0, 0.1) is 17.0 Å². The third-order valence-corrected chi connectivity index (χ3v) is 5.59. The molecular formula is C26H32F2N4O. The maximum atomic E-state index is 14.6. The summed E-state index contributed by atoms with van der Waals surface area (Å²) in [5, 5.41) is 0. The SMILES string of the molecule is CC(=O)N(CCCN)C(c1nc(-c2cc(F)ccc2F)cn1Cc1ccccc1)C(C)(C)C. The van der Waals surface area contributed by atoms with Crippen molar-refractivity contribution in [1.29, 1.82) is 0 Å². The molecule has 0 fully saturated rings. The summed E-state index contributed by atoms with van der Waals surface area (Å²) in [4.78, 5) is 19.3. The van der Waals surface area contributed by atoms with E-state index in [1.807, 2.05) is 55.7 Å². The Labute approximate surface area is 194 Å². The molecule has 5 nitrogen and oxygen atoms in total. The lowest BCUT2D eigenvalue weighted by molar-refractivity contribution is -0.134. The second kappa shape index (κ2) is 10.3. The van der Waals surface area contributed by atoms with Crippen molar-refractivity contribution in [1.82, 2.24) is 14.5 Å². The maximum absolute atomic E-state index is 14.6. The van der Waals surface area contributed by atoms with E-state index in [0.29, 0.717) is 37.6 Å². The maximum Gasteiger partial charge on any atom is 0.220 e. The number of aromatic nitrogens is 2. The van der Waals surface area contributed by atoms with Crippen LogP contribution in [0.15, 0.2) is 54.7 Å². The molecule has 3 aromatic rings. The van der Waals surface area contributed by atoms with Crippen LogP contribution in [0.5, 0.6) is 0 Å². The molecule has 1 aromatic heterocycles. The monoisotopic (exact) mass is 454 g/mol. The number of carbonyl (C=O) groups is 1. The van der Waals surface area contributed by atoms with Gasteiger partial charge in [-0.1, -0.05) is 51.1 Å². The van der Waals surface area contributed by atoms with Crippen LogP contribution in [0.25, 0.3) is 11.3 Å². The lowest BCUT2D eigenvalue weighted by Gasteiger charge is -2.39. The van der Waals surface area contributed by atoms with E-state index in [0.717, 1.165) is 23.8 Å². The highest BCUT2D eigenvalue weighted by atomic mass is 19.1. The van der Waals surface area contributed by atoms with Crippen LogP contribution < -0.4 is 5.73 Å². The summed E-state index contributed by atoms with van der Waals surface area (Å²) in [7, 11) is 0. The molecule has 33 heavy (non-hydrogen) atoms. The van der Waals surface area contributed by atoms with Gasteiger partial charge in [0.05, 0.1) is 11.7 Å². The van der Waals surface area contributed by atoms with Gasteiger partial charge in [-0.25, -0.2) is 13.8 Å². The van der Waals surface area contributed by atoms with Crippen LogP contribution in [-0.4, -0.2) is 33.4 Å². The zero-order valence-electron chi connectivity index (χ0n) is 19.7. The van der Waals surface area contributed by atoms with Gasteiger partial charge in [0.1, 0.15) is 17.5 Å². The molecule has 2 aromatic carbocycles. The van der Waals surface area contributed by atoms with Crippen molar-refractivity contribution in [2.24, 2.45) is 11.1 Å². The molecule has 1 unspecified atom stereocenters. The summed E-state index contributed by atoms with van der Waals surface area (Å²) in [5.74, 6) is -0.550. The fourth-order valence-corrected chi connectivity index (χ4v) is 4.10. The number of nitrogens with zero attached hydrogens (tertiary/aromatic N) is 3. The van der Waals surface area contributed by atoms with Gasteiger partial charge in [-0.2, -0.15) is 0 Å². The zero-order valence-corrected chi connectivity index (χ0v) is 19.7. The highest BCUT2D eigenvalue weighted by Crippen LogP contribution is 2.39. The summed E-state index contributed by atoms with van der Waals surface area (Å²) in [6.45, 7) is 9.08. The van der Waals surface area contributed by atoms with Crippen molar-refractivity contribution < 1.29 is 13.6 Å². The summed E-state index contributed by atoms with van der Waals surface area (Å²) >= 11 is 0. The van der Waals surface area contributed by atoms with Crippen molar-refractivity contribution in [2.75, 3.05) is 13.1 Å². The number of imidazole rings is 1. The second-order valence-electron chi connectivity index (χ2n) is 9.35. The Kier molecular flexibility index (Phi) is 7.64. The standard InChI is InChI=1S/C26H32F2N4O/c1-18(33)32(14-8-13-29)24(26(2,3)4)25-30-23(21-15-20(27)11-12-22(21)28)17-31(25)16-19-9-6-5-7-10-19/h5-7,9-12,15,17,24H,8,13-14,16,29H2,1-4H3. The smallest absolute Gasteiger partial charge is 0.220 e. The topological polar surface area (TPSA) is 64.2 Å².